The summed E-state index contributed by atoms with van der Waals surface area (Å²) in [6.45, 7) is 4.24. The van der Waals surface area contributed by atoms with Gasteiger partial charge in [-0.1, -0.05) is 30.3 Å². The number of benzene rings is 1. The molecule has 1 aliphatic heterocycles. The van der Waals surface area contributed by atoms with Crippen molar-refractivity contribution < 1.29 is 4.79 Å². The van der Waals surface area contributed by atoms with Crippen LogP contribution in [0.5, 0.6) is 0 Å². The number of piperidine rings is 1. The minimum atomic E-state index is -0.375. The molecular weight excluding hydrogens is 342 g/mol. The molecule has 0 radical (unpaired) electrons. The van der Waals surface area contributed by atoms with Crippen molar-refractivity contribution in [2.75, 3.05) is 18.6 Å². The zero-order chi connectivity index (χ0) is 16.7. The highest BCUT2D eigenvalue weighted by atomic mass is 35.5. The van der Waals surface area contributed by atoms with Gasteiger partial charge in [0.05, 0.1) is 6.04 Å². The molecule has 4 nitrogen and oxygen atoms in total. The highest BCUT2D eigenvalue weighted by Crippen LogP contribution is 2.20. The molecule has 1 amide bonds. The molecule has 24 heavy (non-hydrogen) atoms. The van der Waals surface area contributed by atoms with Crippen LogP contribution in [-0.2, 0) is 11.3 Å². The van der Waals surface area contributed by atoms with E-state index >= 15 is 0 Å². The molecule has 1 aliphatic rings. The Kier molecular flexibility index (Phi) is 9.74. The molecule has 6 heteroatoms. The van der Waals surface area contributed by atoms with Crippen molar-refractivity contribution in [2.24, 2.45) is 5.73 Å². The van der Waals surface area contributed by atoms with Crippen LogP contribution in [0.15, 0.2) is 30.3 Å². The molecule has 1 heterocycles. The fourth-order valence-corrected chi connectivity index (χ4v) is 3.58. The molecule has 1 aromatic rings. The summed E-state index contributed by atoms with van der Waals surface area (Å²) < 4.78 is 0. The van der Waals surface area contributed by atoms with Gasteiger partial charge in [-0.05, 0) is 43.8 Å². The first-order chi connectivity index (χ1) is 11.1. The van der Waals surface area contributed by atoms with Gasteiger partial charge in [0.2, 0.25) is 5.91 Å². The summed E-state index contributed by atoms with van der Waals surface area (Å²) in [5.41, 5.74) is 7.30. The fraction of sp³-hybridized carbons (Fsp3) is 0.611. The van der Waals surface area contributed by atoms with Crippen molar-refractivity contribution in [2.45, 2.75) is 50.9 Å². The first kappa shape index (κ1) is 21.3. The largest absolute Gasteiger partial charge is 0.352 e. The molecule has 1 aromatic carbocycles. The molecule has 0 saturated carbocycles. The normalized spacial score (nSPS) is 22.5. The first-order valence-electron chi connectivity index (χ1n) is 8.43. The van der Waals surface area contributed by atoms with Gasteiger partial charge in [-0.15, -0.1) is 12.4 Å². The second-order valence-electron chi connectivity index (χ2n) is 6.42. The summed E-state index contributed by atoms with van der Waals surface area (Å²) in [6.07, 6.45) is 4.77. The van der Waals surface area contributed by atoms with Gasteiger partial charge in [0, 0.05) is 25.2 Å². The number of amides is 1. The third kappa shape index (κ3) is 6.63. The lowest BCUT2D eigenvalue weighted by atomic mass is 9.97. The number of carbonyl (C=O) groups excluding carboxylic acids is 1. The standard InChI is InChI=1S/C18H29N3OS.ClH/c1-14-12-16(20-18(22)17(19)9-11-23-2)8-10-21(14)13-15-6-4-3-5-7-15;/h3-7,14,16-17H,8-13,19H2,1-2H3,(H,20,22);1H/t14?,16?,17-;/m0./s1. The molecular formula is C18H30ClN3OS. The van der Waals surface area contributed by atoms with E-state index in [1.165, 1.54) is 5.56 Å². The van der Waals surface area contributed by atoms with Crippen LogP contribution < -0.4 is 11.1 Å². The number of hydrogen-bond acceptors (Lipinski definition) is 4. The topological polar surface area (TPSA) is 58.4 Å². The van der Waals surface area contributed by atoms with E-state index in [0.717, 1.165) is 38.1 Å². The Bertz CT molecular complexity index is 488. The summed E-state index contributed by atoms with van der Waals surface area (Å²) in [7, 11) is 0. The van der Waals surface area contributed by atoms with Crippen molar-refractivity contribution in [3.63, 3.8) is 0 Å². The molecule has 136 valence electrons. The Balaban J connectivity index is 0.00000288. The summed E-state index contributed by atoms with van der Waals surface area (Å²) in [5.74, 6) is 0.938. The third-order valence-corrected chi connectivity index (χ3v) is 5.20. The van der Waals surface area contributed by atoms with Gasteiger partial charge < -0.3 is 11.1 Å². The van der Waals surface area contributed by atoms with Gasteiger partial charge in [0.1, 0.15) is 0 Å². The first-order valence-corrected chi connectivity index (χ1v) is 9.82. The number of nitrogens with zero attached hydrogens (tertiary/aromatic N) is 1. The molecule has 1 saturated heterocycles. The summed E-state index contributed by atoms with van der Waals surface area (Å²) in [6, 6.07) is 10.9. The summed E-state index contributed by atoms with van der Waals surface area (Å²) in [5, 5.41) is 3.14. The average molecular weight is 372 g/mol. The van der Waals surface area contributed by atoms with E-state index in [1.54, 1.807) is 11.8 Å². The Labute approximate surface area is 156 Å². The van der Waals surface area contributed by atoms with Crippen LogP contribution in [-0.4, -0.2) is 47.5 Å². The van der Waals surface area contributed by atoms with Crippen LogP contribution in [0.2, 0.25) is 0 Å². The average Bonchev–Trinajstić information content (AvgIpc) is 2.56. The summed E-state index contributed by atoms with van der Waals surface area (Å²) in [4.78, 5) is 14.6. The van der Waals surface area contributed by atoms with Crippen molar-refractivity contribution in [3.8, 4) is 0 Å². The summed E-state index contributed by atoms with van der Waals surface area (Å²) >= 11 is 1.73. The smallest absolute Gasteiger partial charge is 0.237 e. The van der Waals surface area contributed by atoms with E-state index in [-0.39, 0.29) is 30.4 Å². The zero-order valence-corrected chi connectivity index (χ0v) is 16.2. The number of rotatable bonds is 7. The van der Waals surface area contributed by atoms with E-state index in [1.807, 2.05) is 6.26 Å². The highest BCUT2D eigenvalue weighted by Gasteiger charge is 2.27. The fourth-order valence-electron chi connectivity index (χ4n) is 3.09. The minimum absolute atomic E-state index is 0. The lowest BCUT2D eigenvalue weighted by Crippen LogP contribution is -2.52. The number of nitrogens with one attached hydrogen (secondary N) is 1. The molecule has 0 spiro atoms. The van der Waals surface area contributed by atoms with E-state index in [9.17, 15) is 4.79 Å². The van der Waals surface area contributed by atoms with E-state index in [2.05, 4.69) is 47.5 Å². The Hall–Kier alpha value is -0.750. The SMILES string of the molecule is CSCC[C@H](N)C(=O)NC1CCN(Cc2ccccc2)C(C)C1.Cl. The van der Waals surface area contributed by atoms with Crippen LogP contribution in [0.1, 0.15) is 31.7 Å². The van der Waals surface area contributed by atoms with Gasteiger partial charge in [-0.3, -0.25) is 9.69 Å². The molecule has 0 aliphatic carbocycles. The highest BCUT2D eigenvalue weighted by molar-refractivity contribution is 7.98. The van der Waals surface area contributed by atoms with Crippen molar-refractivity contribution in [3.05, 3.63) is 35.9 Å². The van der Waals surface area contributed by atoms with Crippen molar-refractivity contribution >= 4 is 30.1 Å². The second-order valence-corrected chi connectivity index (χ2v) is 7.41. The van der Waals surface area contributed by atoms with Crippen molar-refractivity contribution in [1.82, 2.24) is 10.2 Å². The molecule has 0 aromatic heterocycles. The lowest BCUT2D eigenvalue weighted by molar-refractivity contribution is -0.123. The van der Waals surface area contributed by atoms with Crippen LogP contribution in [0, 0.1) is 0 Å². The van der Waals surface area contributed by atoms with Crippen LogP contribution in [0.25, 0.3) is 0 Å². The number of nitrogens with two attached hydrogens (primary N) is 1. The van der Waals surface area contributed by atoms with E-state index in [0.29, 0.717) is 6.04 Å². The molecule has 1 fully saturated rings. The third-order valence-electron chi connectivity index (χ3n) is 4.56. The number of thioether (sulfide) groups is 1. The quantitative estimate of drug-likeness (QED) is 0.773. The minimum Gasteiger partial charge on any atom is -0.352 e. The van der Waals surface area contributed by atoms with E-state index in [4.69, 9.17) is 5.73 Å². The molecule has 0 bridgehead atoms. The van der Waals surface area contributed by atoms with Crippen LogP contribution >= 0.6 is 24.2 Å². The zero-order valence-electron chi connectivity index (χ0n) is 14.6. The maximum absolute atomic E-state index is 12.1. The van der Waals surface area contributed by atoms with Gasteiger partial charge in [0.15, 0.2) is 0 Å². The van der Waals surface area contributed by atoms with Crippen LogP contribution in [0.3, 0.4) is 0 Å². The predicted octanol–water partition coefficient (Wildman–Crippen LogP) is 2.66. The lowest BCUT2D eigenvalue weighted by Gasteiger charge is -2.38. The second kappa shape index (κ2) is 11.0. The number of carbonyl (C=O) groups is 1. The van der Waals surface area contributed by atoms with Gasteiger partial charge in [0.25, 0.3) is 0 Å². The molecule has 2 rings (SSSR count). The maximum atomic E-state index is 12.1. The molecule has 3 atom stereocenters. The van der Waals surface area contributed by atoms with Crippen molar-refractivity contribution in [1.29, 1.82) is 0 Å². The number of likely N-dealkylation sites (tertiary alicyclic amines) is 1. The predicted molar refractivity (Wildman–Crippen MR) is 106 cm³/mol. The Morgan fingerprint density at radius 2 is 2.12 bits per heavy atom. The van der Waals surface area contributed by atoms with E-state index < -0.39 is 0 Å². The molecule has 2 unspecified atom stereocenters. The van der Waals surface area contributed by atoms with Gasteiger partial charge in [-0.2, -0.15) is 11.8 Å². The number of halogens is 1. The Morgan fingerprint density at radius 3 is 2.75 bits per heavy atom. The van der Waals surface area contributed by atoms with Gasteiger partial charge in [-0.25, -0.2) is 0 Å². The monoisotopic (exact) mass is 371 g/mol. The maximum Gasteiger partial charge on any atom is 0.237 e. The van der Waals surface area contributed by atoms with Crippen LogP contribution in [0.4, 0.5) is 0 Å². The Morgan fingerprint density at radius 1 is 1.42 bits per heavy atom. The molecule has 3 N–H and O–H groups in total. The number of hydrogen-bond donors (Lipinski definition) is 2. The van der Waals surface area contributed by atoms with Gasteiger partial charge >= 0.3 is 0 Å².